The first kappa shape index (κ1) is 15.2. The summed E-state index contributed by atoms with van der Waals surface area (Å²) in [6, 6.07) is 10.6. The van der Waals surface area contributed by atoms with Gasteiger partial charge >= 0.3 is 0 Å². The van der Waals surface area contributed by atoms with Crippen LogP contribution >= 0.6 is 0 Å². The molecule has 0 bridgehead atoms. The molecule has 24 heavy (non-hydrogen) atoms. The number of nitrogens with one attached hydrogen (secondary N) is 3. The van der Waals surface area contributed by atoms with Crippen LogP contribution in [0.15, 0.2) is 30.3 Å². The fourth-order valence-electron chi connectivity index (χ4n) is 3.64. The van der Waals surface area contributed by atoms with E-state index in [-0.39, 0.29) is 11.9 Å². The first-order chi connectivity index (χ1) is 11.8. The number of amides is 1. The molecule has 2 aromatic rings. The third-order valence-electron chi connectivity index (χ3n) is 4.90. The standard InChI is InChI=1S/C18H23N5O/c24-18(17-15-11-19-9-8-16(15)21-22-17)20-13-5-4-10-23(12-13)14-6-2-1-3-7-14/h1-3,6-7,13,19H,4-5,8-12H2,(H,20,24)(H,21,22). The Balaban J connectivity index is 1.43. The fraction of sp³-hybridized carbons (Fsp3) is 0.444. The van der Waals surface area contributed by atoms with Crippen molar-refractivity contribution in [1.29, 1.82) is 0 Å². The lowest BCUT2D eigenvalue weighted by molar-refractivity contribution is 0.0927. The monoisotopic (exact) mass is 325 g/mol. The maximum absolute atomic E-state index is 12.6. The van der Waals surface area contributed by atoms with E-state index < -0.39 is 0 Å². The molecular formula is C18H23N5O. The lowest BCUT2D eigenvalue weighted by Crippen LogP contribution is -2.48. The van der Waals surface area contributed by atoms with Crippen molar-refractivity contribution in [3.63, 3.8) is 0 Å². The number of fused-ring (bicyclic) bond motifs is 1. The molecule has 3 heterocycles. The molecule has 6 nitrogen and oxygen atoms in total. The summed E-state index contributed by atoms with van der Waals surface area (Å²) in [5.41, 5.74) is 3.88. The largest absolute Gasteiger partial charge is 0.369 e. The second-order valence-electron chi connectivity index (χ2n) is 6.55. The van der Waals surface area contributed by atoms with Crippen molar-refractivity contribution >= 4 is 11.6 Å². The minimum atomic E-state index is -0.0592. The molecule has 1 aromatic carbocycles. The minimum Gasteiger partial charge on any atom is -0.369 e. The molecular weight excluding hydrogens is 302 g/mol. The highest BCUT2D eigenvalue weighted by Gasteiger charge is 2.26. The van der Waals surface area contributed by atoms with E-state index in [0.29, 0.717) is 5.69 Å². The van der Waals surface area contributed by atoms with Gasteiger partial charge in [-0.15, -0.1) is 0 Å². The lowest BCUT2D eigenvalue weighted by Gasteiger charge is -2.34. The van der Waals surface area contributed by atoms with E-state index in [0.717, 1.165) is 56.7 Å². The summed E-state index contributed by atoms with van der Waals surface area (Å²) in [6.07, 6.45) is 3.00. The van der Waals surface area contributed by atoms with Gasteiger partial charge < -0.3 is 15.5 Å². The van der Waals surface area contributed by atoms with Crippen molar-refractivity contribution in [2.75, 3.05) is 24.5 Å². The smallest absolute Gasteiger partial charge is 0.272 e. The number of aromatic nitrogens is 2. The van der Waals surface area contributed by atoms with Gasteiger partial charge in [-0.25, -0.2) is 0 Å². The van der Waals surface area contributed by atoms with E-state index in [1.54, 1.807) is 0 Å². The molecule has 1 unspecified atom stereocenters. The van der Waals surface area contributed by atoms with Crippen molar-refractivity contribution in [2.45, 2.75) is 31.8 Å². The van der Waals surface area contributed by atoms with E-state index in [1.165, 1.54) is 5.69 Å². The first-order valence-electron chi connectivity index (χ1n) is 8.69. The molecule has 2 aliphatic rings. The molecule has 0 aliphatic carbocycles. The van der Waals surface area contributed by atoms with Crippen LogP contribution < -0.4 is 15.5 Å². The van der Waals surface area contributed by atoms with Gasteiger partial charge in [0, 0.05) is 55.6 Å². The number of hydrogen-bond acceptors (Lipinski definition) is 4. The van der Waals surface area contributed by atoms with Crippen molar-refractivity contribution in [3.8, 4) is 0 Å². The summed E-state index contributed by atoms with van der Waals surface area (Å²) in [5.74, 6) is -0.0592. The normalized spacial score (nSPS) is 20.5. The maximum Gasteiger partial charge on any atom is 0.272 e. The zero-order valence-electron chi connectivity index (χ0n) is 13.7. The number of carbonyl (C=O) groups excluding carboxylic acids is 1. The van der Waals surface area contributed by atoms with Crippen molar-refractivity contribution in [2.24, 2.45) is 0 Å². The summed E-state index contributed by atoms with van der Waals surface area (Å²) in [6.45, 7) is 3.54. The molecule has 0 saturated carbocycles. The first-order valence-corrected chi connectivity index (χ1v) is 8.69. The Kier molecular flexibility index (Phi) is 4.21. The van der Waals surface area contributed by atoms with E-state index in [1.807, 2.05) is 6.07 Å². The SMILES string of the molecule is O=C(NC1CCCN(c2ccccc2)C1)c1n[nH]c2c1CNCC2. The van der Waals surface area contributed by atoms with Crippen LogP contribution in [0, 0.1) is 0 Å². The summed E-state index contributed by atoms with van der Waals surface area (Å²) in [4.78, 5) is 15.0. The van der Waals surface area contributed by atoms with Crippen LogP contribution in [0.3, 0.4) is 0 Å². The van der Waals surface area contributed by atoms with Crippen LogP contribution in [0.2, 0.25) is 0 Å². The van der Waals surface area contributed by atoms with Gasteiger partial charge in [0.1, 0.15) is 0 Å². The van der Waals surface area contributed by atoms with Crippen molar-refractivity contribution in [1.82, 2.24) is 20.8 Å². The molecule has 126 valence electrons. The van der Waals surface area contributed by atoms with Gasteiger partial charge in [0.05, 0.1) is 0 Å². The number of aromatic amines is 1. The zero-order valence-corrected chi connectivity index (χ0v) is 13.7. The topological polar surface area (TPSA) is 73.0 Å². The van der Waals surface area contributed by atoms with Crippen LogP contribution in [-0.4, -0.2) is 41.8 Å². The fourth-order valence-corrected chi connectivity index (χ4v) is 3.64. The van der Waals surface area contributed by atoms with Gasteiger partial charge in [0.25, 0.3) is 5.91 Å². The van der Waals surface area contributed by atoms with Gasteiger partial charge in [-0.1, -0.05) is 18.2 Å². The van der Waals surface area contributed by atoms with Crippen molar-refractivity contribution in [3.05, 3.63) is 47.3 Å². The molecule has 1 atom stereocenters. The number of nitrogens with zero attached hydrogens (tertiary/aromatic N) is 2. The molecule has 6 heteroatoms. The Morgan fingerprint density at radius 3 is 3.04 bits per heavy atom. The van der Waals surface area contributed by atoms with Crippen LogP contribution in [-0.2, 0) is 13.0 Å². The zero-order chi connectivity index (χ0) is 16.4. The molecule has 3 N–H and O–H groups in total. The van der Waals surface area contributed by atoms with Crippen LogP contribution in [0.25, 0.3) is 0 Å². The van der Waals surface area contributed by atoms with E-state index >= 15 is 0 Å². The van der Waals surface area contributed by atoms with Crippen molar-refractivity contribution < 1.29 is 4.79 Å². The van der Waals surface area contributed by atoms with Gasteiger partial charge in [-0.2, -0.15) is 5.10 Å². The predicted molar refractivity (Wildman–Crippen MR) is 93.1 cm³/mol. The Morgan fingerprint density at radius 2 is 2.17 bits per heavy atom. The third kappa shape index (κ3) is 3.01. The predicted octanol–water partition coefficient (Wildman–Crippen LogP) is 1.45. The van der Waals surface area contributed by atoms with Gasteiger partial charge in [-0.05, 0) is 25.0 Å². The average Bonchev–Trinajstić information content (AvgIpc) is 3.07. The molecule has 0 radical (unpaired) electrons. The molecule has 1 amide bonds. The number of benzene rings is 1. The van der Waals surface area contributed by atoms with Crippen LogP contribution in [0.1, 0.15) is 34.6 Å². The summed E-state index contributed by atoms with van der Waals surface area (Å²) < 4.78 is 0. The molecule has 1 aromatic heterocycles. The number of piperidine rings is 1. The van der Waals surface area contributed by atoms with E-state index in [4.69, 9.17) is 0 Å². The number of carbonyl (C=O) groups is 1. The lowest BCUT2D eigenvalue weighted by atomic mass is 10.0. The van der Waals surface area contributed by atoms with Crippen LogP contribution in [0.4, 0.5) is 5.69 Å². The third-order valence-corrected chi connectivity index (χ3v) is 4.90. The number of anilines is 1. The number of para-hydroxylation sites is 1. The highest BCUT2D eigenvalue weighted by atomic mass is 16.2. The highest BCUT2D eigenvalue weighted by molar-refractivity contribution is 5.94. The van der Waals surface area contributed by atoms with E-state index in [2.05, 4.69) is 50.0 Å². The number of hydrogen-bond donors (Lipinski definition) is 3. The molecule has 2 aliphatic heterocycles. The average molecular weight is 325 g/mol. The molecule has 1 fully saturated rings. The second-order valence-corrected chi connectivity index (χ2v) is 6.55. The Labute approximate surface area is 141 Å². The molecule has 0 spiro atoms. The number of rotatable bonds is 3. The maximum atomic E-state index is 12.6. The highest BCUT2D eigenvalue weighted by Crippen LogP contribution is 2.20. The van der Waals surface area contributed by atoms with Gasteiger partial charge in [-0.3, -0.25) is 9.89 Å². The summed E-state index contributed by atoms with van der Waals surface area (Å²) in [7, 11) is 0. The quantitative estimate of drug-likeness (QED) is 0.799. The Bertz CT molecular complexity index is 711. The Morgan fingerprint density at radius 1 is 1.29 bits per heavy atom. The summed E-state index contributed by atoms with van der Waals surface area (Å²) in [5, 5.41) is 13.8. The number of H-pyrrole nitrogens is 1. The minimum absolute atomic E-state index is 0.0592. The van der Waals surface area contributed by atoms with Gasteiger partial charge in [0.15, 0.2) is 5.69 Å². The molecule has 1 saturated heterocycles. The van der Waals surface area contributed by atoms with Gasteiger partial charge in [0.2, 0.25) is 0 Å². The Hall–Kier alpha value is -2.34. The molecule has 4 rings (SSSR count). The van der Waals surface area contributed by atoms with Crippen LogP contribution in [0.5, 0.6) is 0 Å². The van der Waals surface area contributed by atoms with E-state index in [9.17, 15) is 4.79 Å². The summed E-state index contributed by atoms with van der Waals surface area (Å²) >= 11 is 0. The second kappa shape index (κ2) is 6.65.